The number of fused-ring (bicyclic) bond motifs is 1. The first kappa shape index (κ1) is 24.3. The minimum Gasteiger partial charge on any atom is -0.421 e. The maximum atomic E-state index is 14.8. The predicted octanol–water partition coefficient (Wildman–Crippen LogP) is 4.66. The molecule has 8 nitrogen and oxygen atoms in total. The fraction of sp³-hybridized carbons (Fsp3) is 0.269. The van der Waals surface area contributed by atoms with Gasteiger partial charge in [-0.3, -0.25) is 14.6 Å². The number of nitrogens with one attached hydrogen (secondary N) is 1. The molecule has 0 aliphatic heterocycles. The van der Waals surface area contributed by atoms with Crippen LogP contribution in [0, 0.1) is 23.2 Å². The van der Waals surface area contributed by atoms with Crippen molar-refractivity contribution in [1.29, 1.82) is 0 Å². The Balaban J connectivity index is 1.85. The number of benzene rings is 1. The lowest BCUT2D eigenvalue weighted by atomic mass is 9.96. The largest absolute Gasteiger partial charge is 0.421 e. The van der Waals surface area contributed by atoms with Gasteiger partial charge in [0.2, 0.25) is 5.91 Å². The lowest BCUT2D eigenvalue weighted by molar-refractivity contribution is -0.114. The summed E-state index contributed by atoms with van der Waals surface area (Å²) in [5.74, 6) is -0.492. The van der Waals surface area contributed by atoms with Crippen LogP contribution >= 0.6 is 22.6 Å². The molecule has 36 heavy (non-hydrogen) atoms. The van der Waals surface area contributed by atoms with Crippen molar-refractivity contribution >= 4 is 45.3 Å². The van der Waals surface area contributed by atoms with Crippen LogP contribution in [0.3, 0.4) is 0 Å². The van der Waals surface area contributed by atoms with Crippen molar-refractivity contribution in [2.75, 3.05) is 5.32 Å². The van der Waals surface area contributed by atoms with Crippen LogP contribution in [-0.2, 0) is 11.2 Å². The van der Waals surface area contributed by atoms with E-state index in [1.54, 1.807) is 30.5 Å². The molecule has 1 saturated carbocycles. The number of hydrogen-bond acceptors (Lipinski definition) is 6. The molecule has 1 fully saturated rings. The highest BCUT2D eigenvalue weighted by atomic mass is 127. The Morgan fingerprint density at radius 1 is 1.25 bits per heavy atom. The summed E-state index contributed by atoms with van der Waals surface area (Å²) in [6.45, 7) is 4.72. The van der Waals surface area contributed by atoms with Crippen LogP contribution in [0.5, 0.6) is 0 Å². The number of hydrogen-bond donors (Lipinski definition) is 1. The van der Waals surface area contributed by atoms with E-state index < -0.39 is 11.4 Å². The van der Waals surface area contributed by atoms with Crippen molar-refractivity contribution in [3.63, 3.8) is 0 Å². The molecule has 10 heteroatoms. The lowest BCUT2D eigenvalue weighted by Gasteiger charge is -2.18. The van der Waals surface area contributed by atoms with Gasteiger partial charge in [0.15, 0.2) is 11.4 Å². The van der Waals surface area contributed by atoms with E-state index in [0.717, 1.165) is 16.4 Å². The third-order valence-electron chi connectivity index (χ3n) is 6.35. The number of aromatic nitrogens is 3. The average Bonchev–Trinajstić information content (AvgIpc) is 3.63. The summed E-state index contributed by atoms with van der Waals surface area (Å²) in [6.07, 6.45) is 4.65. The van der Waals surface area contributed by atoms with Gasteiger partial charge in [0.25, 0.3) is 5.56 Å². The van der Waals surface area contributed by atoms with Gasteiger partial charge in [-0.25, -0.2) is 14.2 Å². The van der Waals surface area contributed by atoms with Crippen LogP contribution < -0.4 is 16.5 Å². The van der Waals surface area contributed by atoms with Crippen LogP contribution in [0.15, 0.2) is 44.6 Å². The lowest BCUT2D eigenvalue weighted by Crippen LogP contribution is -2.26. The van der Waals surface area contributed by atoms with Gasteiger partial charge in [0.05, 0.1) is 29.0 Å². The number of pyridine rings is 1. The van der Waals surface area contributed by atoms with Gasteiger partial charge in [0, 0.05) is 34.2 Å². The van der Waals surface area contributed by atoms with Gasteiger partial charge in [-0.15, -0.1) is 0 Å². The monoisotopic (exact) mass is 600 g/mol. The SMILES string of the molecule is CC(=O)Nc1cncc(-c2c(C)n(C3CC3)c(=O)c3c(Cc4ccc(I)cc4F)c(C)c(=O)oc23)n1. The molecule has 0 atom stereocenters. The second-order valence-electron chi connectivity index (χ2n) is 8.95. The molecule has 3 heterocycles. The Labute approximate surface area is 218 Å². The highest BCUT2D eigenvalue weighted by molar-refractivity contribution is 14.1. The molecular weight excluding hydrogens is 578 g/mol. The highest BCUT2D eigenvalue weighted by Crippen LogP contribution is 2.39. The van der Waals surface area contributed by atoms with Crippen LogP contribution in [0.1, 0.15) is 48.2 Å². The zero-order chi connectivity index (χ0) is 25.7. The first-order valence-electron chi connectivity index (χ1n) is 11.4. The second-order valence-corrected chi connectivity index (χ2v) is 10.2. The quantitative estimate of drug-likeness (QED) is 0.334. The number of rotatable bonds is 5. The van der Waals surface area contributed by atoms with E-state index in [1.807, 2.05) is 22.6 Å². The molecule has 4 aromatic rings. The first-order valence-corrected chi connectivity index (χ1v) is 12.5. The third-order valence-corrected chi connectivity index (χ3v) is 7.03. The number of amides is 1. The minimum absolute atomic E-state index is 0.0160. The zero-order valence-corrected chi connectivity index (χ0v) is 22.0. The third kappa shape index (κ3) is 4.34. The van der Waals surface area contributed by atoms with E-state index >= 15 is 0 Å². The van der Waals surface area contributed by atoms with E-state index in [4.69, 9.17) is 4.42 Å². The summed E-state index contributed by atoms with van der Waals surface area (Å²) < 4.78 is 23.0. The van der Waals surface area contributed by atoms with Crippen LogP contribution in [0.4, 0.5) is 10.2 Å². The van der Waals surface area contributed by atoms with Gasteiger partial charge in [-0.1, -0.05) is 6.07 Å². The highest BCUT2D eigenvalue weighted by Gasteiger charge is 2.31. The Kier molecular flexibility index (Phi) is 6.23. The number of carbonyl (C=O) groups excluding carboxylic acids is 1. The smallest absolute Gasteiger partial charge is 0.339 e. The maximum Gasteiger partial charge on any atom is 0.339 e. The van der Waals surface area contributed by atoms with Crippen molar-refractivity contribution in [3.05, 3.63) is 83.1 Å². The molecule has 0 radical (unpaired) electrons. The van der Waals surface area contributed by atoms with Crippen molar-refractivity contribution in [3.8, 4) is 11.3 Å². The molecule has 1 amide bonds. The molecule has 1 aromatic carbocycles. The number of carbonyl (C=O) groups is 1. The summed E-state index contributed by atoms with van der Waals surface area (Å²) in [5, 5.41) is 2.83. The zero-order valence-electron chi connectivity index (χ0n) is 19.8. The molecule has 3 aromatic heterocycles. The minimum atomic E-state index is -0.612. The van der Waals surface area contributed by atoms with E-state index in [1.165, 1.54) is 25.4 Å². The van der Waals surface area contributed by atoms with Gasteiger partial charge in [0.1, 0.15) is 5.82 Å². The van der Waals surface area contributed by atoms with E-state index in [0.29, 0.717) is 28.1 Å². The van der Waals surface area contributed by atoms with Crippen molar-refractivity contribution < 1.29 is 13.6 Å². The van der Waals surface area contributed by atoms with E-state index in [-0.39, 0.29) is 46.3 Å². The molecule has 1 aliphatic carbocycles. The molecule has 1 N–H and O–H groups in total. The molecule has 0 bridgehead atoms. The van der Waals surface area contributed by atoms with E-state index in [2.05, 4.69) is 15.3 Å². The fourth-order valence-electron chi connectivity index (χ4n) is 4.51. The van der Waals surface area contributed by atoms with Crippen LogP contribution in [0.25, 0.3) is 22.2 Å². The van der Waals surface area contributed by atoms with Crippen molar-refractivity contribution in [2.45, 2.75) is 46.1 Å². The van der Waals surface area contributed by atoms with E-state index in [9.17, 15) is 18.8 Å². The normalized spacial score (nSPS) is 13.2. The average molecular weight is 600 g/mol. The molecule has 0 unspecified atom stereocenters. The van der Waals surface area contributed by atoms with Gasteiger partial charge in [-0.05, 0) is 72.5 Å². The number of halogens is 2. The van der Waals surface area contributed by atoms with Crippen LogP contribution in [0.2, 0.25) is 0 Å². The molecule has 0 saturated heterocycles. The fourth-order valence-corrected chi connectivity index (χ4v) is 4.96. The van der Waals surface area contributed by atoms with Crippen LogP contribution in [-0.4, -0.2) is 20.4 Å². The summed E-state index contributed by atoms with van der Waals surface area (Å²) >= 11 is 2.03. The van der Waals surface area contributed by atoms with Gasteiger partial charge >= 0.3 is 5.63 Å². The summed E-state index contributed by atoms with van der Waals surface area (Å²) in [6, 6.07) is 4.87. The molecule has 1 aliphatic rings. The number of anilines is 1. The van der Waals surface area contributed by atoms with Crippen molar-refractivity contribution in [2.24, 2.45) is 0 Å². The maximum absolute atomic E-state index is 14.8. The standard InChI is InChI=1S/C26H22FIN4O4/c1-12-18(8-15-4-5-16(28)9-19(15)27)23-24(36-26(12)35)22(13(2)32(25(23)34)17-6-7-17)20-10-29-11-21(31-20)30-14(3)33/h4-5,9-11,17H,6-8H2,1-3H3,(H,30,31,33). The molecule has 5 rings (SSSR count). The Morgan fingerprint density at radius 3 is 2.67 bits per heavy atom. The summed E-state index contributed by atoms with van der Waals surface area (Å²) in [4.78, 5) is 47.1. The Bertz CT molecular complexity index is 1670. The Hall–Kier alpha value is -3.41. The predicted molar refractivity (Wildman–Crippen MR) is 142 cm³/mol. The molecule has 184 valence electrons. The topological polar surface area (TPSA) is 107 Å². The Morgan fingerprint density at radius 2 is 2.00 bits per heavy atom. The first-order chi connectivity index (χ1) is 17.2. The summed E-state index contributed by atoms with van der Waals surface area (Å²) in [7, 11) is 0. The molecular formula is C26H22FIN4O4. The van der Waals surface area contributed by atoms with Gasteiger partial charge in [-0.2, -0.15) is 0 Å². The number of nitrogens with zero attached hydrogens (tertiary/aromatic N) is 3. The molecule has 0 spiro atoms. The van der Waals surface area contributed by atoms with Gasteiger partial charge < -0.3 is 14.3 Å². The summed E-state index contributed by atoms with van der Waals surface area (Å²) in [5.41, 5.74) is 1.61. The van der Waals surface area contributed by atoms with Crippen molar-refractivity contribution in [1.82, 2.24) is 14.5 Å². The second kappa shape index (κ2) is 9.23.